The third kappa shape index (κ3) is 3.50. The summed E-state index contributed by atoms with van der Waals surface area (Å²) in [6.07, 6.45) is 2.18. The van der Waals surface area contributed by atoms with E-state index in [4.69, 9.17) is 5.11 Å². The zero-order valence-corrected chi connectivity index (χ0v) is 15.0. The number of nitrogens with one attached hydrogen (secondary N) is 1. The predicted octanol–water partition coefficient (Wildman–Crippen LogP) is 1.43. The van der Waals surface area contributed by atoms with Gasteiger partial charge in [-0.05, 0) is 37.3 Å². The molecular formula is C19H27N3O3. The summed E-state index contributed by atoms with van der Waals surface area (Å²) < 4.78 is 2.41. The largest absolute Gasteiger partial charge is 0.394 e. The number of aliphatic hydroxyl groups is 2. The Morgan fingerprint density at radius 1 is 1.44 bits per heavy atom. The van der Waals surface area contributed by atoms with Crippen LogP contribution in [0.3, 0.4) is 0 Å². The van der Waals surface area contributed by atoms with E-state index in [1.54, 1.807) is 7.05 Å². The molecule has 0 spiro atoms. The molecule has 1 aliphatic heterocycles. The van der Waals surface area contributed by atoms with E-state index >= 15 is 0 Å². The number of benzene rings is 1. The summed E-state index contributed by atoms with van der Waals surface area (Å²) in [5.74, 6) is 0. The molecule has 2 aromatic rings. The molecule has 0 bridgehead atoms. The minimum atomic E-state index is -0.906. The molecule has 6 heteroatoms. The number of rotatable bonds is 6. The summed E-state index contributed by atoms with van der Waals surface area (Å²) in [4.78, 5) is 13.5. The van der Waals surface area contributed by atoms with Crippen molar-refractivity contribution < 1.29 is 15.0 Å². The summed E-state index contributed by atoms with van der Waals surface area (Å²) in [6.45, 7) is 3.54. The molecular weight excluding hydrogens is 318 g/mol. The van der Waals surface area contributed by atoms with Crippen molar-refractivity contribution in [1.82, 2.24) is 14.8 Å². The number of likely N-dealkylation sites (N-methyl/N-ethyl adjacent to an activating group) is 1. The normalized spacial score (nSPS) is 14.6. The topological polar surface area (TPSA) is 77.7 Å². The number of para-hydroxylation sites is 1. The van der Waals surface area contributed by atoms with Gasteiger partial charge >= 0.3 is 6.03 Å². The fourth-order valence-electron chi connectivity index (χ4n) is 3.79. The number of hydrogen-bond acceptors (Lipinski definition) is 3. The van der Waals surface area contributed by atoms with E-state index in [1.165, 1.54) is 39.0 Å². The van der Waals surface area contributed by atoms with Crippen molar-refractivity contribution in [2.45, 2.75) is 38.8 Å². The van der Waals surface area contributed by atoms with Crippen molar-refractivity contribution in [3.63, 3.8) is 0 Å². The number of aliphatic hydroxyl groups excluding tert-OH is 2. The number of urea groups is 1. The molecule has 3 rings (SSSR count). The number of amides is 2. The van der Waals surface area contributed by atoms with Crippen LogP contribution in [0.1, 0.15) is 23.2 Å². The lowest BCUT2D eigenvalue weighted by atomic mass is 10.0. The van der Waals surface area contributed by atoms with Crippen LogP contribution in [0.25, 0.3) is 10.9 Å². The van der Waals surface area contributed by atoms with Gasteiger partial charge in [-0.1, -0.05) is 18.2 Å². The van der Waals surface area contributed by atoms with Crippen LogP contribution < -0.4 is 5.32 Å². The van der Waals surface area contributed by atoms with Gasteiger partial charge in [-0.25, -0.2) is 4.79 Å². The Kier molecular flexibility index (Phi) is 5.30. The van der Waals surface area contributed by atoms with E-state index in [1.807, 2.05) is 0 Å². The van der Waals surface area contributed by atoms with E-state index in [2.05, 4.69) is 35.0 Å². The van der Waals surface area contributed by atoms with Crippen molar-refractivity contribution in [1.29, 1.82) is 0 Å². The highest BCUT2D eigenvalue weighted by Crippen LogP contribution is 2.32. The average molecular weight is 345 g/mol. The van der Waals surface area contributed by atoms with E-state index in [0.717, 1.165) is 19.4 Å². The molecule has 0 radical (unpaired) electrons. The summed E-state index contributed by atoms with van der Waals surface area (Å²) in [5.41, 5.74) is 5.37. The van der Waals surface area contributed by atoms with Crippen molar-refractivity contribution in [2.75, 3.05) is 26.7 Å². The van der Waals surface area contributed by atoms with Crippen LogP contribution in [0.5, 0.6) is 0 Å². The molecule has 25 heavy (non-hydrogen) atoms. The smallest absolute Gasteiger partial charge is 0.317 e. The van der Waals surface area contributed by atoms with Gasteiger partial charge in [-0.3, -0.25) is 0 Å². The van der Waals surface area contributed by atoms with Crippen molar-refractivity contribution in [3.05, 3.63) is 35.0 Å². The average Bonchev–Trinajstić information content (AvgIpc) is 2.89. The number of aryl methyl sites for hydroxylation is 2. The maximum Gasteiger partial charge on any atom is 0.317 e. The highest BCUT2D eigenvalue weighted by molar-refractivity contribution is 5.88. The molecule has 1 atom stereocenters. The first-order valence-electron chi connectivity index (χ1n) is 8.90. The van der Waals surface area contributed by atoms with E-state index in [0.29, 0.717) is 6.54 Å². The number of carbonyl (C=O) groups is 1. The minimum absolute atomic E-state index is 0.115. The molecule has 136 valence electrons. The third-order valence-electron chi connectivity index (χ3n) is 5.08. The highest BCUT2D eigenvalue weighted by atomic mass is 16.3. The van der Waals surface area contributed by atoms with Gasteiger partial charge in [-0.2, -0.15) is 0 Å². The molecule has 0 unspecified atom stereocenters. The molecule has 2 amide bonds. The molecule has 0 saturated carbocycles. The van der Waals surface area contributed by atoms with Crippen molar-refractivity contribution in [2.24, 2.45) is 0 Å². The van der Waals surface area contributed by atoms with Crippen LogP contribution in [0.4, 0.5) is 4.79 Å². The fraction of sp³-hybridized carbons (Fsp3) is 0.526. The lowest BCUT2D eigenvalue weighted by Gasteiger charge is -2.20. The fourth-order valence-corrected chi connectivity index (χ4v) is 3.79. The first-order chi connectivity index (χ1) is 12.0. The van der Waals surface area contributed by atoms with E-state index < -0.39 is 6.10 Å². The molecule has 0 fully saturated rings. The summed E-state index contributed by atoms with van der Waals surface area (Å²) in [5, 5.41) is 22.5. The first kappa shape index (κ1) is 17.8. The Balaban J connectivity index is 1.68. The molecule has 2 heterocycles. The standard InChI is InChI=1S/C19H27N3O3/c1-13-16(8-9-20-19(25)21(2)11-15(24)12-23)17-7-3-5-14-6-4-10-22(13)18(14)17/h3,5,7,15,23-24H,4,6,8-12H2,1-2H3,(H,20,25)/t15-/m0/s1. The van der Waals surface area contributed by atoms with Crippen LogP contribution in [0.2, 0.25) is 0 Å². The minimum Gasteiger partial charge on any atom is -0.394 e. The van der Waals surface area contributed by atoms with Gasteiger partial charge in [0.1, 0.15) is 0 Å². The van der Waals surface area contributed by atoms with E-state index in [-0.39, 0.29) is 19.2 Å². The Morgan fingerprint density at radius 2 is 2.24 bits per heavy atom. The number of carbonyl (C=O) groups excluding carboxylic acids is 1. The predicted molar refractivity (Wildman–Crippen MR) is 97.8 cm³/mol. The molecule has 3 N–H and O–H groups in total. The summed E-state index contributed by atoms with van der Waals surface area (Å²) >= 11 is 0. The van der Waals surface area contributed by atoms with E-state index in [9.17, 15) is 9.90 Å². The molecule has 0 saturated heterocycles. The Morgan fingerprint density at radius 3 is 3.00 bits per heavy atom. The summed E-state index contributed by atoms with van der Waals surface area (Å²) in [6, 6.07) is 6.27. The Bertz CT molecular complexity index is 769. The molecule has 1 aromatic carbocycles. The zero-order valence-electron chi connectivity index (χ0n) is 15.0. The van der Waals surface area contributed by atoms with Crippen LogP contribution >= 0.6 is 0 Å². The monoisotopic (exact) mass is 345 g/mol. The lowest BCUT2D eigenvalue weighted by Crippen LogP contribution is -2.42. The third-order valence-corrected chi connectivity index (χ3v) is 5.08. The second-order valence-electron chi connectivity index (χ2n) is 6.83. The Labute approximate surface area is 148 Å². The first-order valence-corrected chi connectivity index (χ1v) is 8.90. The van der Waals surface area contributed by atoms with Gasteiger partial charge in [0.2, 0.25) is 0 Å². The second kappa shape index (κ2) is 7.45. The SMILES string of the molecule is Cc1c(CCNC(=O)N(C)C[C@H](O)CO)c2cccc3c2n1CCC3. The van der Waals surface area contributed by atoms with Crippen molar-refractivity contribution in [3.8, 4) is 0 Å². The van der Waals surface area contributed by atoms with Gasteiger partial charge in [-0.15, -0.1) is 0 Å². The molecule has 1 aromatic heterocycles. The molecule has 6 nitrogen and oxygen atoms in total. The maximum absolute atomic E-state index is 12.1. The highest BCUT2D eigenvalue weighted by Gasteiger charge is 2.19. The quantitative estimate of drug-likeness (QED) is 0.741. The van der Waals surface area contributed by atoms with Crippen LogP contribution in [-0.2, 0) is 19.4 Å². The van der Waals surface area contributed by atoms with Crippen LogP contribution in [0.15, 0.2) is 18.2 Å². The van der Waals surface area contributed by atoms with Crippen LogP contribution in [0, 0.1) is 6.92 Å². The number of hydrogen-bond donors (Lipinski definition) is 3. The van der Waals surface area contributed by atoms with Gasteiger partial charge in [0, 0.05) is 31.2 Å². The molecule has 0 aliphatic carbocycles. The summed E-state index contributed by atoms with van der Waals surface area (Å²) in [7, 11) is 1.61. The maximum atomic E-state index is 12.1. The molecule has 1 aliphatic rings. The number of nitrogens with zero attached hydrogens (tertiary/aromatic N) is 2. The van der Waals surface area contributed by atoms with Crippen molar-refractivity contribution >= 4 is 16.9 Å². The second-order valence-corrected chi connectivity index (χ2v) is 6.83. The lowest BCUT2D eigenvalue weighted by molar-refractivity contribution is 0.0733. The Hall–Kier alpha value is -2.05. The van der Waals surface area contributed by atoms with Gasteiger partial charge in [0.05, 0.1) is 24.8 Å². The van der Waals surface area contributed by atoms with Gasteiger partial charge in [0.25, 0.3) is 0 Å². The zero-order chi connectivity index (χ0) is 18.0. The van der Waals surface area contributed by atoms with Gasteiger partial charge < -0.3 is 25.0 Å². The number of aromatic nitrogens is 1. The van der Waals surface area contributed by atoms with Gasteiger partial charge in [0.15, 0.2) is 0 Å². The van der Waals surface area contributed by atoms with Crippen LogP contribution in [-0.4, -0.2) is 58.6 Å².